The van der Waals surface area contributed by atoms with E-state index in [0.29, 0.717) is 27.2 Å². The second-order valence-electron chi connectivity index (χ2n) is 5.75. The Bertz CT molecular complexity index is 1130. The lowest BCUT2D eigenvalue weighted by Crippen LogP contribution is -2.35. The predicted molar refractivity (Wildman–Crippen MR) is 91.4 cm³/mol. The van der Waals surface area contributed by atoms with Crippen molar-refractivity contribution in [3.05, 3.63) is 45.7 Å². The fraction of sp³-hybridized carbons (Fsp3) is 0.267. The van der Waals surface area contributed by atoms with Crippen LogP contribution in [0.5, 0.6) is 0 Å². The third-order valence-electron chi connectivity index (χ3n) is 4.01. The van der Waals surface area contributed by atoms with Crippen molar-refractivity contribution in [1.82, 2.24) is 14.7 Å². The summed E-state index contributed by atoms with van der Waals surface area (Å²) in [7, 11) is -3.06. The number of nitrogens with one attached hydrogen (secondary N) is 1. The number of carbonyl (C=O) groups excluding carboxylic acids is 1. The summed E-state index contributed by atoms with van der Waals surface area (Å²) in [5.41, 5.74) is 0.292. The Morgan fingerprint density at radius 3 is 2.96 bits per heavy atom. The van der Waals surface area contributed by atoms with Crippen LogP contribution in [0.25, 0.3) is 15.9 Å². The standard InChI is InChI=1S/C15H13N3O4S2/c19-13(16-9-4-6-24(21,22)8-9)11-7-10-14(23-11)17-12-3-1-2-5-18(12)15(10)20/h1-3,5,7,9H,4,6,8H2,(H,16,19). The van der Waals surface area contributed by atoms with Crippen LogP contribution >= 0.6 is 11.3 Å². The molecule has 9 heteroatoms. The highest BCUT2D eigenvalue weighted by molar-refractivity contribution is 7.91. The largest absolute Gasteiger partial charge is 0.348 e. The molecule has 1 aliphatic rings. The molecule has 0 aromatic carbocycles. The van der Waals surface area contributed by atoms with Crippen molar-refractivity contribution in [3.63, 3.8) is 0 Å². The normalized spacial score (nSPS) is 19.8. The molecule has 0 bridgehead atoms. The van der Waals surface area contributed by atoms with E-state index in [0.717, 1.165) is 11.3 Å². The fourth-order valence-electron chi connectivity index (χ4n) is 2.83. The van der Waals surface area contributed by atoms with Crippen LogP contribution in [0.2, 0.25) is 0 Å². The van der Waals surface area contributed by atoms with E-state index in [1.165, 1.54) is 10.5 Å². The van der Waals surface area contributed by atoms with Gasteiger partial charge in [0, 0.05) is 12.2 Å². The number of fused-ring (bicyclic) bond motifs is 2. The molecule has 0 aliphatic carbocycles. The van der Waals surface area contributed by atoms with E-state index in [1.807, 2.05) is 0 Å². The van der Waals surface area contributed by atoms with Crippen LogP contribution in [-0.2, 0) is 9.84 Å². The number of pyridine rings is 1. The molecule has 24 heavy (non-hydrogen) atoms. The van der Waals surface area contributed by atoms with E-state index < -0.39 is 9.84 Å². The van der Waals surface area contributed by atoms with E-state index in [-0.39, 0.29) is 29.0 Å². The average Bonchev–Trinajstić information content (AvgIpc) is 3.11. The molecule has 1 amide bonds. The zero-order valence-electron chi connectivity index (χ0n) is 12.4. The van der Waals surface area contributed by atoms with E-state index in [9.17, 15) is 18.0 Å². The number of hydrogen-bond acceptors (Lipinski definition) is 6. The summed E-state index contributed by atoms with van der Waals surface area (Å²) < 4.78 is 24.4. The molecular weight excluding hydrogens is 350 g/mol. The Morgan fingerprint density at radius 1 is 1.38 bits per heavy atom. The lowest BCUT2D eigenvalue weighted by Gasteiger charge is -2.08. The van der Waals surface area contributed by atoms with Gasteiger partial charge in [-0.05, 0) is 24.6 Å². The summed E-state index contributed by atoms with van der Waals surface area (Å²) in [4.78, 5) is 30.1. The van der Waals surface area contributed by atoms with Gasteiger partial charge >= 0.3 is 0 Å². The molecule has 124 valence electrons. The minimum atomic E-state index is -3.06. The summed E-state index contributed by atoms with van der Waals surface area (Å²) in [5.74, 6) is -0.304. The lowest BCUT2D eigenvalue weighted by atomic mass is 10.2. The summed E-state index contributed by atoms with van der Waals surface area (Å²) in [5, 5.41) is 3.11. The van der Waals surface area contributed by atoms with Crippen molar-refractivity contribution >= 4 is 42.9 Å². The van der Waals surface area contributed by atoms with E-state index >= 15 is 0 Å². The average molecular weight is 363 g/mol. The number of aromatic nitrogens is 2. The molecule has 1 saturated heterocycles. The van der Waals surface area contributed by atoms with E-state index in [2.05, 4.69) is 10.3 Å². The molecule has 3 aromatic rings. The molecule has 1 unspecified atom stereocenters. The zero-order valence-corrected chi connectivity index (χ0v) is 14.1. The van der Waals surface area contributed by atoms with Gasteiger partial charge in [-0.1, -0.05) is 6.07 Å². The summed E-state index contributed by atoms with van der Waals surface area (Å²) in [6, 6.07) is 6.40. The summed E-state index contributed by atoms with van der Waals surface area (Å²) in [6.45, 7) is 0. The Labute approximate surface area is 140 Å². The molecule has 7 nitrogen and oxygen atoms in total. The molecule has 1 atom stereocenters. The zero-order chi connectivity index (χ0) is 16.9. The van der Waals surface area contributed by atoms with Crippen LogP contribution in [0.4, 0.5) is 0 Å². The first-order chi connectivity index (χ1) is 11.4. The van der Waals surface area contributed by atoms with Gasteiger partial charge in [0.15, 0.2) is 9.84 Å². The molecular formula is C15H13N3O4S2. The monoisotopic (exact) mass is 363 g/mol. The van der Waals surface area contributed by atoms with Crippen molar-refractivity contribution in [2.75, 3.05) is 11.5 Å². The van der Waals surface area contributed by atoms with Crippen LogP contribution < -0.4 is 10.9 Å². The molecule has 0 saturated carbocycles. The summed E-state index contributed by atoms with van der Waals surface area (Å²) in [6.07, 6.45) is 2.05. The van der Waals surface area contributed by atoms with Gasteiger partial charge in [-0.3, -0.25) is 14.0 Å². The van der Waals surface area contributed by atoms with Gasteiger partial charge in [-0.25, -0.2) is 13.4 Å². The Kier molecular flexibility index (Phi) is 3.43. The Balaban J connectivity index is 1.70. The fourth-order valence-corrected chi connectivity index (χ4v) is 5.43. The first-order valence-electron chi connectivity index (χ1n) is 7.35. The van der Waals surface area contributed by atoms with Gasteiger partial charge in [0.1, 0.15) is 10.5 Å². The second-order valence-corrected chi connectivity index (χ2v) is 9.01. The topological polar surface area (TPSA) is 97.6 Å². The third-order valence-corrected chi connectivity index (χ3v) is 6.80. The Morgan fingerprint density at radius 2 is 2.21 bits per heavy atom. The quantitative estimate of drug-likeness (QED) is 0.727. The van der Waals surface area contributed by atoms with E-state index in [4.69, 9.17) is 0 Å². The van der Waals surface area contributed by atoms with Gasteiger partial charge in [0.25, 0.3) is 11.5 Å². The maximum Gasteiger partial charge on any atom is 0.266 e. The first-order valence-corrected chi connectivity index (χ1v) is 9.99. The van der Waals surface area contributed by atoms with Gasteiger partial charge in [0.2, 0.25) is 0 Å². The smallest absolute Gasteiger partial charge is 0.266 e. The molecule has 4 rings (SSSR count). The number of rotatable bonds is 2. The SMILES string of the molecule is O=C(NC1CCS(=O)(=O)C1)c1cc2c(=O)n3ccccc3nc2s1. The molecule has 1 N–H and O–H groups in total. The minimum Gasteiger partial charge on any atom is -0.348 e. The predicted octanol–water partition coefficient (Wildman–Crippen LogP) is 0.826. The number of amides is 1. The van der Waals surface area contributed by atoms with Crippen molar-refractivity contribution in [1.29, 1.82) is 0 Å². The van der Waals surface area contributed by atoms with Crippen molar-refractivity contribution < 1.29 is 13.2 Å². The highest BCUT2D eigenvalue weighted by atomic mass is 32.2. The maximum absolute atomic E-state index is 12.5. The van der Waals surface area contributed by atoms with Crippen LogP contribution in [0.1, 0.15) is 16.1 Å². The Hall–Kier alpha value is -2.26. The number of sulfone groups is 1. The van der Waals surface area contributed by atoms with Crippen molar-refractivity contribution in [2.24, 2.45) is 0 Å². The maximum atomic E-state index is 12.5. The molecule has 4 heterocycles. The molecule has 0 spiro atoms. The minimum absolute atomic E-state index is 0.0333. The van der Waals surface area contributed by atoms with Gasteiger partial charge in [-0.15, -0.1) is 11.3 Å². The van der Waals surface area contributed by atoms with E-state index in [1.54, 1.807) is 24.4 Å². The highest BCUT2D eigenvalue weighted by Gasteiger charge is 2.29. The van der Waals surface area contributed by atoms with Gasteiger partial charge in [-0.2, -0.15) is 0 Å². The van der Waals surface area contributed by atoms with Crippen LogP contribution in [0.15, 0.2) is 35.3 Å². The van der Waals surface area contributed by atoms with Crippen molar-refractivity contribution in [3.8, 4) is 0 Å². The molecule has 0 radical (unpaired) electrons. The second kappa shape index (κ2) is 5.38. The summed E-state index contributed by atoms with van der Waals surface area (Å²) >= 11 is 1.13. The first kappa shape index (κ1) is 15.3. The lowest BCUT2D eigenvalue weighted by molar-refractivity contribution is 0.0945. The molecule has 1 aliphatic heterocycles. The van der Waals surface area contributed by atoms with Gasteiger partial charge in [0.05, 0.1) is 21.8 Å². The van der Waals surface area contributed by atoms with Gasteiger partial charge < -0.3 is 5.32 Å². The third kappa shape index (κ3) is 2.59. The molecule has 3 aromatic heterocycles. The number of carbonyl (C=O) groups is 1. The number of nitrogens with zero attached hydrogens (tertiary/aromatic N) is 2. The van der Waals surface area contributed by atoms with Crippen LogP contribution in [-0.4, -0.2) is 41.3 Å². The van der Waals surface area contributed by atoms with Crippen LogP contribution in [0.3, 0.4) is 0 Å². The van der Waals surface area contributed by atoms with Crippen LogP contribution in [0, 0.1) is 0 Å². The highest BCUT2D eigenvalue weighted by Crippen LogP contribution is 2.22. The number of thiophene rings is 1. The number of hydrogen-bond donors (Lipinski definition) is 1. The van der Waals surface area contributed by atoms with Crippen molar-refractivity contribution in [2.45, 2.75) is 12.5 Å². The molecule has 1 fully saturated rings.